The summed E-state index contributed by atoms with van der Waals surface area (Å²) in [4.78, 5) is 12.4. The molecule has 0 atom stereocenters. The molecule has 148 valence electrons. The van der Waals surface area contributed by atoms with Crippen molar-refractivity contribution < 1.29 is 14.6 Å². The summed E-state index contributed by atoms with van der Waals surface area (Å²) in [5.41, 5.74) is 5.35. The van der Waals surface area contributed by atoms with Gasteiger partial charge in [0.1, 0.15) is 12.4 Å². The minimum atomic E-state index is -0.827. The van der Waals surface area contributed by atoms with E-state index in [1.54, 1.807) is 11.3 Å². The van der Waals surface area contributed by atoms with Crippen LogP contribution in [0.2, 0.25) is 0 Å². The molecule has 0 fully saturated rings. The standard InChI is InChI=1S/C24H23NO3S/c26-23(27)14-18-8-9-22-21(13-18)20(24-19(16-28-22)10-12-29-24)7-4-11-25-15-17-5-2-1-3-6-17/h1-3,5-10,12-13,25H,4,11,14-16H2,(H,26,27)/b20-7-. The molecule has 29 heavy (non-hydrogen) atoms. The second-order valence-electron chi connectivity index (χ2n) is 7.03. The summed E-state index contributed by atoms with van der Waals surface area (Å²) < 4.78 is 6.01. The van der Waals surface area contributed by atoms with E-state index in [4.69, 9.17) is 9.84 Å². The van der Waals surface area contributed by atoms with Crippen molar-refractivity contribution >= 4 is 22.9 Å². The van der Waals surface area contributed by atoms with E-state index in [1.807, 2.05) is 24.3 Å². The lowest BCUT2D eigenvalue weighted by molar-refractivity contribution is -0.136. The Labute approximate surface area is 174 Å². The summed E-state index contributed by atoms with van der Waals surface area (Å²) in [5, 5.41) is 14.7. The molecule has 0 aliphatic carbocycles. The number of fused-ring (bicyclic) bond motifs is 2. The third-order valence-electron chi connectivity index (χ3n) is 4.91. The van der Waals surface area contributed by atoms with Crippen molar-refractivity contribution in [2.24, 2.45) is 0 Å². The molecule has 0 spiro atoms. The predicted molar refractivity (Wildman–Crippen MR) is 116 cm³/mol. The van der Waals surface area contributed by atoms with Crippen LogP contribution in [0.1, 0.15) is 33.6 Å². The van der Waals surface area contributed by atoms with Gasteiger partial charge in [-0.3, -0.25) is 4.79 Å². The molecule has 3 aromatic rings. The van der Waals surface area contributed by atoms with Crippen LogP contribution in [0.5, 0.6) is 5.75 Å². The lowest BCUT2D eigenvalue weighted by Gasteiger charge is -2.11. The summed E-state index contributed by atoms with van der Waals surface area (Å²) in [6, 6.07) is 18.2. The third kappa shape index (κ3) is 4.75. The van der Waals surface area contributed by atoms with E-state index < -0.39 is 5.97 Å². The van der Waals surface area contributed by atoms with E-state index in [0.29, 0.717) is 6.61 Å². The Balaban J connectivity index is 1.55. The van der Waals surface area contributed by atoms with Gasteiger partial charge in [0, 0.05) is 22.5 Å². The molecule has 2 aromatic carbocycles. The summed E-state index contributed by atoms with van der Waals surface area (Å²) in [5.74, 6) is -0.0158. The van der Waals surface area contributed by atoms with Gasteiger partial charge in [-0.15, -0.1) is 11.3 Å². The van der Waals surface area contributed by atoms with Gasteiger partial charge in [-0.05, 0) is 53.2 Å². The van der Waals surface area contributed by atoms with E-state index in [0.717, 1.165) is 42.0 Å². The summed E-state index contributed by atoms with van der Waals surface area (Å²) in [6.45, 7) is 2.24. The fraction of sp³-hybridized carbons (Fsp3) is 0.208. The average Bonchev–Trinajstić information content (AvgIpc) is 3.13. The summed E-state index contributed by atoms with van der Waals surface area (Å²) >= 11 is 1.71. The zero-order valence-electron chi connectivity index (χ0n) is 16.1. The number of thiophene rings is 1. The number of benzene rings is 2. The van der Waals surface area contributed by atoms with Crippen molar-refractivity contribution in [3.05, 3.63) is 93.2 Å². The second-order valence-corrected chi connectivity index (χ2v) is 7.95. The maximum absolute atomic E-state index is 11.2. The highest BCUT2D eigenvalue weighted by Crippen LogP contribution is 2.40. The van der Waals surface area contributed by atoms with E-state index in [9.17, 15) is 4.79 Å². The Morgan fingerprint density at radius 1 is 1.14 bits per heavy atom. The smallest absolute Gasteiger partial charge is 0.307 e. The monoisotopic (exact) mass is 405 g/mol. The number of carboxylic acid groups (broad SMARTS) is 1. The van der Waals surface area contributed by atoms with Gasteiger partial charge in [0.2, 0.25) is 0 Å². The van der Waals surface area contributed by atoms with Crippen molar-refractivity contribution in [1.82, 2.24) is 5.32 Å². The second kappa shape index (κ2) is 9.07. The average molecular weight is 406 g/mol. The van der Waals surface area contributed by atoms with Gasteiger partial charge in [-0.25, -0.2) is 0 Å². The highest BCUT2D eigenvalue weighted by Gasteiger charge is 2.21. The van der Waals surface area contributed by atoms with Crippen LogP contribution in [-0.4, -0.2) is 17.6 Å². The maximum atomic E-state index is 11.2. The van der Waals surface area contributed by atoms with E-state index in [1.165, 1.54) is 16.0 Å². The third-order valence-corrected chi connectivity index (χ3v) is 5.90. The molecule has 1 aromatic heterocycles. The predicted octanol–water partition coefficient (Wildman–Crippen LogP) is 4.88. The SMILES string of the molecule is O=C(O)Cc1ccc2c(c1)/C(=C/CCNCc1ccccc1)c1sccc1CO2. The minimum absolute atomic E-state index is 0.0104. The van der Waals surface area contributed by atoms with Crippen molar-refractivity contribution in [1.29, 1.82) is 0 Å². The zero-order chi connectivity index (χ0) is 20.1. The lowest BCUT2D eigenvalue weighted by atomic mass is 9.97. The number of hydrogen-bond donors (Lipinski definition) is 2. The first-order valence-corrected chi connectivity index (χ1v) is 10.6. The van der Waals surface area contributed by atoms with Gasteiger partial charge in [0.25, 0.3) is 0 Å². The maximum Gasteiger partial charge on any atom is 0.307 e. The molecule has 4 rings (SSSR count). The Hall–Kier alpha value is -2.89. The normalized spacial score (nSPS) is 14.0. The fourth-order valence-corrected chi connectivity index (χ4v) is 4.48. The molecule has 4 nitrogen and oxygen atoms in total. The Morgan fingerprint density at radius 3 is 2.83 bits per heavy atom. The molecule has 0 radical (unpaired) electrons. The van der Waals surface area contributed by atoms with Crippen LogP contribution >= 0.6 is 11.3 Å². The molecule has 1 aliphatic rings. The van der Waals surface area contributed by atoms with Crippen LogP contribution in [0.15, 0.2) is 66.1 Å². The van der Waals surface area contributed by atoms with Crippen LogP contribution in [-0.2, 0) is 24.4 Å². The van der Waals surface area contributed by atoms with Gasteiger partial charge in [-0.1, -0.05) is 42.5 Å². The highest BCUT2D eigenvalue weighted by atomic mass is 32.1. The van der Waals surface area contributed by atoms with Crippen LogP contribution in [0.25, 0.3) is 5.57 Å². The van der Waals surface area contributed by atoms with E-state index in [-0.39, 0.29) is 6.42 Å². The topological polar surface area (TPSA) is 58.6 Å². The van der Waals surface area contributed by atoms with Crippen molar-refractivity contribution in [3.8, 4) is 5.75 Å². The molecule has 2 heterocycles. The van der Waals surface area contributed by atoms with Gasteiger partial charge >= 0.3 is 5.97 Å². The van der Waals surface area contributed by atoms with Crippen LogP contribution in [0, 0.1) is 0 Å². The molecule has 0 bridgehead atoms. The first-order chi connectivity index (χ1) is 14.2. The zero-order valence-corrected chi connectivity index (χ0v) is 16.9. The van der Waals surface area contributed by atoms with Gasteiger partial charge in [-0.2, -0.15) is 0 Å². The number of rotatable bonds is 7. The number of carbonyl (C=O) groups is 1. The van der Waals surface area contributed by atoms with E-state index >= 15 is 0 Å². The minimum Gasteiger partial charge on any atom is -0.488 e. The molecular weight excluding hydrogens is 382 g/mol. The lowest BCUT2D eigenvalue weighted by Crippen LogP contribution is -2.14. The number of aliphatic carboxylic acids is 1. The Kier molecular flexibility index (Phi) is 6.08. The molecular formula is C24H23NO3S. The molecule has 0 saturated heterocycles. The van der Waals surface area contributed by atoms with Gasteiger partial charge in [0.15, 0.2) is 0 Å². The number of hydrogen-bond acceptors (Lipinski definition) is 4. The van der Waals surface area contributed by atoms with Crippen LogP contribution in [0.3, 0.4) is 0 Å². The van der Waals surface area contributed by atoms with Crippen LogP contribution < -0.4 is 10.1 Å². The quantitative estimate of drug-likeness (QED) is 0.550. The largest absolute Gasteiger partial charge is 0.488 e. The molecule has 0 unspecified atom stereocenters. The van der Waals surface area contributed by atoms with Crippen LogP contribution in [0.4, 0.5) is 0 Å². The number of ether oxygens (including phenoxy) is 1. The Morgan fingerprint density at radius 2 is 2.00 bits per heavy atom. The summed E-state index contributed by atoms with van der Waals surface area (Å²) in [7, 11) is 0. The first-order valence-electron chi connectivity index (χ1n) is 9.70. The number of carboxylic acids is 1. The van der Waals surface area contributed by atoms with Crippen molar-refractivity contribution in [2.45, 2.75) is 26.0 Å². The van der Waals surface area contributed by atoms with Crippen molar-refractivity contribution in [2.75, 3.05) is 6.54 Å². The number of nitrogens with one attached hydrogen (secondary N) is 1. The highest BCUT2D eigenvalue weighted by molar-refractivity contribution is 7.11. The molecule has 0 amide bonds. The Bertz CT molecular complexity index is 1020. The molecule has 0 saturated carbocycles. The van der Waals surface area contributed by atoms with Gasteiger partial charge < -0.3 is 15.2 Å². The molecule has 5 heteroatoms. The fourth-order valence-electron chi connectivity index (χ4n) is 3.51. The van der Waals surface area contributed by atoms with E-state index in [2.05, 4.69) is 47.1 Å². The molecule has 2 N–H and O–H groups in total. The van der Waals surface area contributed by atoms with Crippen molar-refractivity contribution in [3.63, 3.8) is 0 Å². The van der Waals surface area contributed by atoms with Gasteiger partial charge in [0.05, 0.1) is 6.42 Å². The summed E-state index contributed by atoms with van der Waals surface area (Å²) in [6.07, 6.45) is 3.13. The molecule has 1 aliphatic heterocycles. The first kappa shape index (κ1) is 19.4.